The average Bonchev–Trinajstić information content (AvgIpc) is 3.52. The second-order valence-corrected chi connectivity index (χ2v) is 16.0. The van der Waals surface area contributed by atoms with E-state index in [4.69, 9.17) is 10.2 Å². The zero-order valence-electron chi connectivity index (χ0n) is 23.6. The van der Waals surface area contributed by atoms with Crippen molar-refractivity contribution in [1.82, 2.24) is 0 Å². The molecule has 2 N–H and O–H groups in total. The predicted octanol–water partition coefficient (Wildman–Crippen LogP) is 7.86. The van der Waals surface area contributed by atoms with Crippen LogP contribution in [-0.2, 0) is 41.6 Å². The minimum atomic E-state index is -0.745. The largest absolute Gasteiger partial charge is 0.179 e. The molecule has 0 atom stereocenters. The van der Waals surface area contributed by atoms with Crippen molar-refractivity contribution in [1.29, 1.82) is 0 Å². The third-order valence-electron chi connectivity index (χ3n) is 5.84. The first kappa shape index (κ1) is 33.0. The summed E-state index contributed by atoms with van der Waals surface area (Å²) in [5.41, 5.74) is 11.0. The van der Waals surface area contributed by atoms with Crippen LogP contribution in [-0.4, -0.2) is 28.3 Å². The number of aliphatic carboxylic acids is 2. The number of fused-ring (bicyclic) bond motifs is 6. The number of benzene rings is 4. The molecule has 4 nitrogen and oxygen atoms in total. The monoisotopic (exact) mass is 584 g/mol. The first-order valence-electron chi connectivity index (χ1n) is 13.3. The topological polar surface area (TPSA) is 74.6 Å². The van der Waals surface area contributed by atoms with Crippen molar-refractivity contribution in [2.75, 3.05) is 0 Å². The second kappa shape index (κ2) is 17.4. The first-order valence-corrected chi connectivity index (χ1v) is 18.1. The Morgan fingerprint density at radius 2 is 0.975 bits per heavy atom. The third kappa shape index (κ3) is 10.7. The van der Waals surface area contributed by atoms with Gasteiger partial charge in [0.15, 0.2) is 0 Å². The maximum Gasteiger partial charge on any atom is -0.0253 e. The molecule has 0 radical (unpaired) electrons. The molecule has 0 saturated carbocycles. The quantitative estimate of drug-likeness (QED) is 0.161. The van der Waals surface area contributed by atoms with Crippen LogP contribution in [0.1, 0.15) is 48.9 Å². The van der Waals surface area contributed by atoms with Crippen LogP contribution in [0.4, 0.5) is 0 Å². The Bertz CT molecular complexity index is 1240. The molecule has 204 valence electrons. The number of rotatable bonds is 2. The molecule has 40 heavy (non-hydrogen) atoms. The van der Waals surface area contributed by atoms with Crippen LogP contribution in [0.2, 0.25) is 13.1 Å². The van der Waals surface area contributed by atoms with E-state index in [0.717, 1.165) is 12.8 Å². The first-order chi connectivity index (χ1) is 19.2. The number of hydrogen-bond acceptors (Lipinski definition) is 2. The van der Waals surface area contributed by atoms with Crippen molar-refractivity contribution >= 4 is 18.1 Å². The van der Waals surface area contributed by atoms with Gasteiger partial charge in [0.25, 0.3) is 0 Å². The van der Waals surface area contributed by atoms with Crippen LogP contribution in [0.15, 0.2) is 84.9 Å². The molecule has 2 aliphatic carbocycles. The number of carboxylic acid groups (broad SMARTS) is 2. The summed E-state index contributed by atoms with van der Waals surface area (Å²) >= 11 is 2.27. The molecule has 0 spiro atoms. The van der Waals surface area contributed by atoms with Gasteiger partial charge in [-0.1, -0.05) is 84.6 Å². The van der Waals surface area contributed by atoms with Crippen LogP contribution in [0, 0.1) is 12.1 Å². The number of hydrogen-bond donors (Lipinski definition) is 2. The molecule has 6 heteroatoms. The van der Waals surface area contributed by atoms with Gasteiger partial charge < -0.3 is 10.2 Å². The van der Waals surface area contributed by atoms with Crippen LogP contribution < -0.4 is 0 Å². The Kier molecular flexibility index (Phi) is 14.4. The maximum atomic E-state index is 9.37. The Labute approximate surface area is 250 Å². The fraction of sp³-hybridized carbons (Fsp3) is 0.235. The second-order valence-electron chi connectivity index (χ2n) is 9.29. The third-order valence-corrected chi connectivity index (χ3v) is 5.84. The van der Waals surface area contributed by atoms with Gasteiger partial charge in [0.05, 0.1) is 0 Å². The summed E-state index contributed by atoms with van der Waals surface area (Å²) in [6.45, 7) is 7.74. The molecule has 0 aliphatic heterocycles. The summed E-state index contributed by atoms with van der Waals surface area (Å²) < 4.78 is 0. The molecule has 0 heterocycles. The van der Waals surface area contributed by atoms with Crippen molar-refractivity contribution in [3.8, 4) is 22.3 Å². The molecular weight excluding hydrogens is 548 g/mol. The normalized spacial score (nSPS) is 10.6. The number of carbonyl (C=O) groups is 2. The van der Waals surface area contributed by atoms with Gasteiger partial charge in [0.1, 0.15) is 0 Å². The average molecular weight is 585 g/mol. The summed E-state index contributed by atoms with van der Waals surface area (Å²) in [5.74, 6) is -1.49. The van der Waals surface area contributed by atoms with E-state index < -0.39 is 11.9 Å². The van der Waals surface area contributed by atoms with E-state index in [1.54, 1.807) is 13.8 Å². The predicted molar refractivity (Wildman–Crippen MR) is 160 cm³/mol. The van der Waals surface area contributed by atoms with Gasteiger partial charge in [-0.05, 0) is 12.8 Å². The molecule has 4 aromatic rings. The summed E-state index contributed by atoms with van der Waals surface area (Å²) in [6, 6.07) is 36.2. The van der Waals surface area contributed by atoms with Crippen LogP contribution in [0.5, 0.6) is 0 Å². The fourth-order valence-electron chi connectivity index (χ4n) is 4.00. The van der Waals surface area contributed by atoms with Gasteiger partial charge in [0, 0.05) is 12.8 Å². The van der Waals surface area contributed by atoms with E-state index in [2.05, 4.69) is 117 Å². The molecule has 0 fully saturated rings. The molecule has 4 aromatic carbocycles. The minimum Gasteiger partial charge on any atom is -0.179 e. The Morgan fingerprint density at radius 1 is 0.675 bits per heavy atom. The molecule has 0 saturated heterocycles. The van der Waals surface area contributed by atoms with Crippen molar-refractivity contribution in [3.63, 3.8) is 0 Å². The van der Waals surface area contributed by atoms with Gasteiger partial charge in [-0.15, -0.1) is 11.1 Å². The summed E-state index contributed by atoms with van der Waals surface area (Å²) in [6.07, 6.45) is 2.66. The van der Waals surface area contributed by atoms with Crippen molar-refractivity contribution in [3.05, 3.63) is 119 Å². The Balaban J connectivity index is 0.000000194. The van der Waals surface area contributed by atoms with E-state index in [1.807, 2.05) is 12.1 Å². The van der Waals surface area contributed by atoms with Crippen molar-refractivity contribution < 1.29 is 39.0 Å². The van der Waals surface area contributed by atoms with E-state index in [9.17, 15) is 9.59 Å². The van der Waals surface area contributed by atoms with Gasteiger partial charge in [-0.25, -0.2) is 0 Å². The molecule has 0 amide bonds. The van der Waals surface area contributed by atoms with Crippen molar-refractivity contribution in [2.24, 2.45) is 0 Å². The van der Waals surface area contributed by atoms with Gasteiger partial charge in [0.2, 0.25) is 0 Å². The molecule has 0 bridgehead atoms. The number of carboxylic acids is 2. The Hall–Kier alpha value is -3.25. The summed E-state index contributed by atoms with van der Waals surface area (Å²) in [7, 11) is 0. The molecule has 6 rings (SSSR count). The van der Waals surface area contributed by atoms with Gasteiger partial charge >= 0.3 is 50.4 Å². The summed E-state index contributed by atoms with van der Waals surface area (Å²) in [5, 5.41) is 15.4. The molecule has 2 aliphatic rings. The van der Waals surface area contributed by atoms with Gasteiger partial charge in [-0.3, -0.25) is 9.59 Å². The van der Waals surface area contributed by atoms with Crippen LogP contribution in [0.3, 0.4) is 0 Å². The zero-order valence-corrected chi connectivity index (χ0v) is 26.2. The Morgan fingerprint density at radius 3 is 1.30 bits per heavy atom. The maximum absolute atomic E-state index is 9.37. The van der Waals surface area contributed by atoms with E-state index in [1.165, 1.54) is 44.5 Å². The van der Waals surface area contributed by atoms with Gasteiger partial charge in [-0.2, -0.15) is 59.7 Å². The molecule has 0 aromatic heterocycles. The standard InChI is InChI=1S/2C13H9.2C3H6O2.C2H6Si.Ti/c2*1-3-7-12-10(5-1)9-11-6-2-4-8-13(11)12;2*1-2-3(4)5;1-3-2;/h2*1-5,7-8H,9H2;2*2H2,1H3,(H,4,5);1-2H3;/q2*-1;;;;+2. The minimum absolute atomic E-state index is 0.120. The molecule has 0 unspecified atom stereocenters. The fourth-order valence-corrected chi connectivity index (χ4v) is 4.00. The SMILES string of the molecule is CCC(=O)O.CCC(=O)O.C[Si](C)=[Ti+2].[c-]1cccc2c1Cc1ccccc1-2.[c-]1cccc2c1Cc1ccccc1-2. The smallest absolute Gasteiger partial charge is 0.0253 e. The van der Waals surface area contributed by atoms with Crippen LogP contribution in [0.25, 0.3) is 22.3 Å². The molecular formula is C34H36O4SiTi. The van der Waals surface area contributed by atoms with Crippen LogP contribution >= 0.6 is 0 Å². The van der Waals surface area contributed by atoms with E-state index in [0.29, 0.717) is 0 Å². The van der Waals surface area contributed by atoms with E-state index in [-0.39, 0.29) is 19.0 Å². The summed E-state index contributed by atoms with van der Waals surface area (Å²) in [4.78, 5) is 18.7. The zero-order chi connectivity index (χ0) is 29.5. The van der Waals surface area contributed by atoms with E-state index >= 15 is 0 Å². The van der Waals surface area contributed by atoms with Crippen molar-refractivity contribution in [2.45, 2.75) is 52.6 Å².